The van der Waals surface area contributed by atoms with Crippen LogP contribution in [0.25, 0.3) is 0 Å². The lowest BCUT2D eigenvalue weighted by Crippen LogP contribution is -2.51. The van der Waals surface area contributed by atoms with Crippen LogP contribution in [0.1, 0.15) is 18.4 Å². The number of hydrogen-bond acceptors (Lipinski definition) is 6. The monoisotopic (exact) mass is 481 g/mol. The molecule has 170 valence electrons. The topological polar surface area (TPSA) is 147 Å². The summed E-state index contributed by atoms with van der Waals surface area (Å²) in [6.07, 6.45) is 0.643. The Morgan fingerprint density at radius 2 is 1.81 bits per heavy atom. The molecule has 0 saturated carbocycles. The molecular formula is C20H20ClN3O7S. The van der Waals surface area contributed by atoms with Gasteiger partial charge in [0.25, 0.3) is 5.69 Å². The zero-order chi connectivity index (χ0) is 23.5. The van der Waals surface area contributed by atoms with Crippen molar-refractivity contribution in [3.63, 3.8) is 0 Å². The Labute approximate surface area is 189 Å². The quantitative estimate of drug-likeness (QED) is 0.434. The number of non-ortho nitro benzene ring substituents is 1. The summed E-state index contributed by atoms with van der Waals surface area (Å²) in [5.74, 6) is -1.97. The number of nitro groups is 1. The second kappa shape index (κ2) is 9.63. The van der Waals surface area contributed by atoms with Crippen LogP contribution in [-0.2, 0) is 26.0 Å². The van der Waals surface area contributed by atoms with Gasteiger partial charge in [-0.3, -0.25) is 14.9 Å². The molecule has 10 nitrogen and oxygen atoms in total. The lowest BCUT2D eigenvalue weighted by Gasteiger charge is -2.25. The highest BCUT2D eigenvalue weighted by molar-refractivity contribution is 7.89. The van der Waals surface area contributed by atoms with E-state index in [1.807, 2.05) is 0 Å². The summed E-state index contributed by atoms with van der Waals surface area (Å²) in [6, 6.07) is 8.53. The molecular weight excluding hydrogens is 462 g/mol. The Hall–Kier alpha value is -3.02. The molecule has 0 aliphatic carbocycles. The van der Waals surface area contributed by atoms with Gasteiger partial charge in [0.1, 0.15) is 12.1 Å². The standard InChI is InChI=1S/C20H20ClN3O7S/c21-14-5-3-13(4-6-14)12-17(20(26)27)22-19(25)18-2-1-11-23(18)32(30,31)16-9-7-15(8-10-16)24(28)29/h3-10,17-18H,1-2,11-12H2,(H,22,25)(H,26,27)/t17-,18-/m0/s1. The van der Waals surface area contributed by atoms with E-state index in [9.17, 15) is 33.2 Å². The molecule has 1 aliphatic rings. The number of nitrogens with one attached hydrogen (secondary N) is 1. The van der Waals surface area contributed by atoms with Crippen molar-refractivity contribution in [2.75, 3.05) is 6.54 Å². The van der Waals surface area contributed by atoms with Gasteiger partial charge in [0.15, 0.2) is 0 Å². The average Bonchev–Trinajstić information content (AvgIpc) is 3.26. The number of carboxylic acids is 1. The first-order valence-corrected chi connectivity index (χ1v) is 11.5. The average molecular weight is 482 g/mol. The zero-order valence-electron chi connectivity index (χ0n) is 16.7. The molecule has 3 rings (SSSR count). The van der Waals surface area contributed by atoms with Gasteiger partial charge in [-0.2, -0.15) is 4.31 Å². The summed E-state index contributed by atoms with van der Waals surface area (Å²) in [5.41, 5.74) is 0.384. The molecule has 12 heteroatoms. The Bertz CT molecular complexity index is 1120. The van der Waals surface area contributed by atoms with Gasteiger partial charge in [-0.1, -0.05) is 23.7 Å². The van der Waals surface area contributed by atoms with Crippen molar-refractivity contribution in [3.8, 4) is 0 Å². The van der Waals surface area contributed by atoms with E-state index in [0.717, 1.165) is 28.6 Å². The zero-order valence-corrected chi connectivity index (χ0v) is 18.3. The molecule has 1 fully saturated rings. The van der Waals surface area contributed by atoms with Gasteiger partial charge in [0.2, 0.25) is 15.9 Å². The summed E-state index contributed by atoms with van der Waals surface area (Å²) < 4.78 is 27.0. The molecule has 0 aromatic heterocycles. The Morgan fingerprint density at radius 3 is 2.38 bits per heavy atom. The molecule has 1 heterocycles. The number of hydrogen-bond donors (Lipinski definition) is 2. The van der Waals surface area contributed by atoms with Crippen molar-refractivity contribution < 1.29 is 28.0 Å². The second-order valence-electron chi connectivity index (χ2n) is 7.25. The SMILES string of the molecule is O=C(O)[C@H](Cc1ccc(Cl)cc1)NC(=O)[C@@H]1CCCN1S(=O)(=O)c1ccc([N+](=O)[O-])cc1. The fourth-order valence-electron chi connectivity index (χ4n) is 3.49. The highest BCUT2D eigenvalue weighted by Crippen LogP contribution is 2.27. The summed E-state index contributed by atoms with van der Waals surface area (Å²) in [4.78, 5) is 34.5. The first-order valence-electron chi connectivity index (χ1n) is 9.63. The van der Waals surface area contributed by atoms with Crippen LogP contribution in [0.5, 0.6) is 0 Å². The fourth-order valence-corrected chi connectivity index (χ4v) is 5.27. The number of carboxylic acid groups (broad SMARTS) is 1. The Morgan fingerprint density at radius 1 is 1.19 bits per heavy atom. The van der Waals surface area contributed by atoms with E-state index in [-0.39, 0.29) is 30.0 Å². The number of benzene rings is 2. The van der Waals surface area contributed by atoms with E-state index in [1.165, 1.54) is 0 Å². The number of carbonyl (C=O) groups excluding carboxylic acids is 1. The van der Waals surface area contributed by atoms with Crippen LogP contribution in [-0.4, -0.2) is 53.3 Å². The van der Waals surface area contributed by atoms with E-state index in [2.05, 4.69) is 5.32 Å². The maximum atomic E-state index is 13.0. The molecule has 0 unspecified atom stereocenters. The van der Waals surface area contributed by atoms with E-state index >= 15 is 0 Å². The maximum Gasteiger partial charge on any atom is 0.326 e. The predicted molar refractivity (Wildman–Crippen MR) is 115 cm³/mol. The van der Waals surface area contributed by atoms with Crippen molar-refractivity contribution in [1.82, 2.24) is 9.62 Å². The third-order valence-electron chi connectivity index (χ3n) is 5.13. The van der Waals surface area contributed by atoms with Gasteiger partial charge < -0.3 is 10.4 Å². The number of nitrogens with zero attached hydrogens (tertiary/aromatic N) is 2. The summed E-state index contributed by atoms with van der Waals surface area (Å²) in [6.45, 7) is 0.0757. The number of rotatable bonds is 8. The highest BCUT2D eigenvalue weighted by Gasteiger charge is 2.40. The van der Waals surface area contributed by atoms with Crippen molar-refractivity contribution in [2.45, 2.75) is 36.2 Å². The molecule has 1 aliphatic heterocycles. The lowest BCUT2D eigenvalue weighted by atomic mass is 10.1. The molecule has 2 aromatic carbocycles. The van der Waals surface area contributed by atoms with Gasteiger partial charge in [-0.15, -0.1) is 0 Å². The molecule has 2 N–H and O–H groups in total. The minimum absolute atomic E-state index is 0.0000644. The third kappa shape index (κ3) is 5.23. The lowest BCUT2D eigenvalue weighted by molar-refractivity contribution is -0.384. The van der Waals surface area contributed by atoms with E-state index in [4.69, 9.17) is 11.6 Å². The molecule has 2 aromatic rings. The van der Waals surface area contributed by atoms with Crippen LogP contribution in [0.4, 0.5) is 5.69 Å². The van der Waals surface area contributed by atoms with Crippen LogP contribution in [0, 0.1) is 10.1 Å². The van der Waals surface area contributed by atoms with Crippen molar-refractivity contribution in [1.29, 1.82) is 0 Å². The minimum Gasteiger partial charge on any atom is -0.480 e. The van der Waals surface area contributed by atoms with Crippen LogP contribution in [0.2, 0.25) is 5.02 Å². The second-order valence-corrected chi connectivity index (χ2v) is 9.58. The summed E-state index contributed by atoms with van der Waals surface area (Å²) in [7, 11) is -4.11. The van der Waals surface area contributed by atoms with Crippen LogP contribution >= 0.6 is 11.6 Å². The van der Waals surface area contributed by atoms with Crippen LogP contribution < -0.4 is 5.32 Å². The number of amides is 1. The van der Waals surface area contributed by atoms with Gasteiger partial charge >= 0.3 is 5.97 Å². The van der Waals surface area contributed by atoms with Gasteiger partial charge in [0, 0.05) is 30.1 Å². The Balaban J connectivity index is 1.76. The van der Waals surface area contributed by atoms with Gasteiger partial charge in [-0.25, -0.2) is 13.2 Å². The molecule has 2 atom stereocenters. The number of carbonyl (C=O) groups is 2. The minimum atomic E-state index is -4.11. The van der Waals surface area contributed by atoms with Gasteiger partial charge in [0.05, 0.1) is 9.82 Å². The van der Waals surface area contributed by atoms with Gasteiger partial charge in [-0.05, 0) is 42.7 Å². The van der Waals surface area contributed by atoms with Crippen LogP contribution in [0.15, 0.2) is 53.4 Å². The predicted octanol–water partition coefficient (Wildman–Crippen LogP) is 2.21. The molecule has 0 radical (unpaired) electrons. The number of halogens is 1. The molecule has 0 spiro atoms. The van der Waals surface area contributed by atoms with Crippen molar-refractivity contribution in [2.24, 2.45) is 0 Å². The van der Waals surface area contributed by atoms with Crippen molar-refractivity contribution in [3.05, 3.63) is 69.2 Å². The molecule has 1 amide bonds. The van der Waals surface area contributed by atoms with E-state index < -0.39 is 38.9 Å². The fraction of sp³-hybridized carbons (Fsp3) is 0.300. The Kier molecular flexibility index (Phi) is 7.12. The maximum absolute atomic E-state index is 13.0. The normalized spacial score (nSPS) is 17.6. The molecule has 0 bridgehead atoms. The molecule has 1 saturated heterocycles. The number of nitro benzene ring substituents is 1. The van der Waals surface area contributed by atoms with E-state index in [1.54, 1.807) is 24.3 Å². The number of aliphatic carboxylic acids is 1. The smallest absolute Gasteiger partial charge is 0.326 e. The summed E-state index contributed by atoms with van der Waals surface area (Å²) >= 11 is 5.83. The first kappa shape index (κ1) is 23.6. The largest absolute Gasteiger partial charge is 0.480 e. The third-order valence-corrected chi connectivity index (χ3v) is 7.30. The number of sulfonamides is 1. The highest BCUT2D eigenvalue weighted by atomic mass is 35.5. The van der Waals surface area contributed by atoms with Crippen LogP contribution in [0.3, 0.4) is 0 Å². The first-order chi connectivity index (χ1) is 15.1. The summed E-state index contributed by atoms with van der Waals surface area (Å²) in [5, 5.41) is 23.3. The molecule has 32 heavy (non-hydrogen) atoms. The van der Waals surface area contributed by atoms with Crippen molar-refractivity contribution >= 4 is 39.2 Å². The van der Waals surface area contributed by atoms with E-state index in [0.29, 0.717) is 17.0 Å².